The summed E-state index contributed by atoms with van der Waals surface area (Å²) in [5.41, 5.74) is 0.696. The zero-order valence-corrected chi connectivity index (χ0v) is 13.8. The van der Waals surface area contributed by atoms with Gasteiger partial charge in [-0.2, -0.15) is 0 Å². The number of hydrogen-bond donors (Lipinski definition) is 2. The fourth-order valence-electron chi connectivity index (χ4n) is 2.68. The number of urea groups is 1. The molecule has 23 heavy (non-hydrogen) atoms. The molecule has 0 spiro atoms. The van der Waals surface area contributed by atoms with Crippen molar-refractivity contribution in [2.75, 3.05) is 32.6 Å². The average Bonchev–Trinajstić information content (AvgIpc) is 3.02. The normalized spacial score (nSPS) is 16.1. The number of likely N-dealkylation sites (N-methyl/N-ethyl adjacent to an activating group) is 1. The molecule has 2 N–H and O–H groups in total. The van der Waals surface area contributed by atoms with E-state index in [-0.39, 0.29) is 19.2 Å². The molecule has 1 saturated carbocycles. The molecule has 128 valence electrons. The number of amides is 2. The van der Waals surface area contributed by atoms with Crippen molar-refractivity contribution in [2.24, 2.45) is 0 Å². The predicted octanol–water partition coefficient (Wildman–Crippen LogP) is 2.48. The summed E-state index contributed by atoms with van der Waals surface area (Å²) < 4.78 is 10.7. The van der Waals surface area contributed by atoms with E-state index in [9.17, 15) is 9.90 Å². The molecule has 1 unspecified atom stereocenters. The van der Waals surface area contributed by atoms with Crippen LogP contribution in [0.2, 0.25) is 0 Å². The first-order valence-electron chi connectivity index (χ1n) is 8.04. The third kappa shape index (κ3) is 5.73. The lowest BCUT2D eigenvalue weighted by Gasteiger charge is -2.21. The molecule has 0 heterocycles. The van der Waals surface area contributed by atoms with Gasteiger partial charge in [0.1, 0.15) is 5.75 Å². The standard InChI is InChI=1S/C17H26N2O4/c1-19(11-14(20)12-22-2)17(21)18-13-7-9-16(10-8-13)23-15-5-3-4-6-15/h7-10,14-15,20H,3-6,11-12H2,1-2H3,(H,18,21). The molecule has 0 aromatic heterocycles. The molecule has 1 aromatic carbocycles. The lowest BCUT2D eigenvalue weighted by molar-refractivity contribution is 0.0501. The second-order valence-electron chi connectivity index (χ2n) is 5.97. The molecule has 2 amide bonds. The first-order valence-corrected chi connectivity index (χ1v) is 8.04. The van der Waals surface area contributed by atoms with Crippen molar-refractivity contribution in [3.05, 3.63) is 24.3 Å². The Morgan fingerprint density at radius 2 is 2.00 bits per heavy atom. The lowest BCUT2D eigenvalue weighted by Crippen LogP contribution is -2.38. The number of carbonyl (C=O) groups is 1. The number of methoxy groups -OCH3 is 1. The van der Waals surface area contributed by atoms with Crippen molar-refractivity contribution in [2.45, 2.75) is 37.9 Å². The molecule has 6 heteroatoms. The number of nitrogens with one attached hydrogen (secondary N) is 1. The largest absolute Gasteiger partial charge is 0.490 e. The summed E-state index contributed by atoms with van der Waals surface area (Å²) in [4.78, 5) is 13.5. The van der Waals surface area contributed by atoms with Crippen LogP contribution in [-0.4, -0.2) is 55.6 Å². The Balaban J connectivity index is 1.81. The second-order valence-corrected chi connectivity index (χ2v) is 5.97. The molecule has 2 rings (SSSR count). The molecule has 1 aliphatic rings. The van der Waals surface area contributed by atoms with Crippen molar-refractivity contribution >= 4 is 11.7 Å². The van der Waals surface area contributed by atoms with Crippen molar-refractivity contribution in [3.8, 4) is 5.75 Å². The van der Waals surface area contributed by atoms with Crippen LogP contribution in [-0.2, 0) is 4.74 Å². The fourth-order valence-corrected chi connectivity index (χ4v) is 2.68. The van der Waals surface area contributed by atoms with E-state index in [1.807, 2.05) is 24.3 Å². The smallest absolute Gasteiger partial charge is 0.321 e. The highest BCUT2D eigenvalue weighted by molar-refractivity contribution is 5.89. The summed E-state index contributed by atoms with van der Waals surface area (Å²) >= 11 is 0. The zero-order valence-electron chi connectivity index (χ0n) is 13.8. The van der Waals surface area contributed by atoms with Crippen LogP contribution in [0.3, 0.4) is 0 Å². The van der Waals surface area contributed by atoms with E-state index in [0.717, 1.165) is 18.6 Å². The van der Waals surface area contributed by atoms with Crippen LogP contribution in [0, 0.1) is 0 Å². The number of hydrogen-bond acceptors (Lipinski definition) is 4. The number of ether oxygens (including phenoxy) is 2. The van der Waals surface area contributed by atoms with E-state index in [1.165, 1.54) is 24.9 Å². The van der Waals surface area contributed by atoms with Crippen LogP contribution in [0.5, 0.6) is 5.75 Å². The summed E-state index contributed by atoms with van der Waals surface area (Å²) in [5, 5.41) is 12.4. The molecule has 0 saturated heterocycles. The van der Waals surface area contributed by atoms with Gasteiger partial charge in [0.2, 0.25) is 0 Å². The number of benzene rings is 1. The van der Waals surface area contributed by atoms with E-state index in [0.29, 0.717) is 11.8 Å². The highest BCUT2D eigenvalue weighted by atomic mass is 16.5. The van der Waals surface area contributed by atoms with Crippen molar-refractivity contribution < 1.29 is 19.4 Å². The van der Waals surface area contributed by atoms with E-state index in [2.05, 4.69) is 5.32 Å². The van der Waals surface area contributed by atoms with Crippen LogP contribution in [0.25, 0.3) is 0 Å². The Hall–Kier alpha value is -1.79. The third-order valence-corrected chi connectivity index (χ3v) is 3.90. The third-order valence-electron chi connectivity index (χ3n) is 3.90. The number of carbonyl (C=O) groups excluding carboxylic acids is 1. The van der Waals surface area contributed by atoms with Gasteiger partial charge >= 0.3 is 6.03 Å². The van der Waals surface area contributed by atoms with Gasteiger partial charge in [0.15, 0.2) is 0 Å². The Bertz CT molecular complexity index is 486. The maximum Gasteiger partial charge on any atom is 0.321 e. The average molecular weight is 322 g/mol. The van der Waals surface area contributed by atoms with E-state index in [4.69, 9.17) is 9.47 Å². The summed E-state index contributed by atoms with van der Waals surface area (Å²) in [5.74, 6) is 0.832. The summed E-state index contributed by atoms with van der Waals surface area (Å²) in [7, 11) is 3.14. The molecular formula is C17H26N2O4. The number of nitrogens with zero attached hydrogens (tertiary/aromatic N) is 1. The maximum absolute atomic E-state index is 12.0. The Kier molecular flexibility index (Phi) is 6.67. The highest BCUT2D eigenvalue weighted by Gasteiger charge is 2.17. The van der Waals surface area contributed by atoms with Gasteiger partial charge in [0, 0.05) is 19.8 Å². The maximum atomic E-state index is 12.0. The van der Waals surface area contributed by atoms with E-state index >= 15 is 0 Å². The van der Waals surface area contributed by atoms with Gasteiger partial charge in [-0.1, -0.05) is 0 Å². The van der Waals surface area contributed by atoms with Crippen molar-refractivity contribution in [1.82, 2.24) is 4.90 Å². The predicted molar refractivity (Wildman–Crippen MR) is 88.9 cm³/mol. The number of aliphatic hydroxyl groups excluding tert-OH is 1. The molecule has 0 radical (unpaired) electrons. The monoisotopic (exact) mass is 322 g/mol. The van der Waals surface area contributed by atoms with Gasteiger partial charge in [-0.05, 0) is 49.9 Å². The molecule has 1 fully saturated rings. The molecule has 6 nitrogen and oxygen atoms in total. The van der Waals surface area contributed by atoms with Crippen LogP contribution in [0.4, 0.5) is 10.5 Å². The van der Waals surface area contributed by atoms with E-state index < -0.39 is 6.10 Å². The van der Waals surface area contributed by atoms with Crippen molar-refractivity contribution in [1.29, 1.82) is 0 Å². The van der Waals surface area contributed by atoms with Gasteiger partial charge in [-0.25, -0.2) is 4.79 Å². The summed E-state index contributed by atoms with van der Waals surface area (Å²) in [6, 6.07) is 7.11. The Morgan fingerprint density at radius 1 is 1.35 bits per heavy atom. The molecule has 1 aliphatic carbocycles. The van der Waals surface area contributed by atoms with Gasteiger partial charge in [-0.3, -0.25) is 0 Å². The molecule has 0 aliphatic heterocycles. The van der Waals surface area contributed by atoms with Crippen LogP contribution < -0.4 is 10.1 Å². The molecule has 1 atom stereocenters. The minimum atomic E-state index is -0.696. The highest BCUT2D eigenvalue weighted by Crippen LogP contribution is 2.25. The van der Waals surface area contributed by atoms with Crippen molar-refractivity contribution in [3.63, 3.8) is 0 Å². The van der Waals surface area contributed by atoms with Gasteiger partial charge in [-0.15, -0.1) is 0 Å². The summed E-state index contributed by atoms with van der Waals surface area (Å²) in [6.07, 6.45) is 4.34. The Labute approximate surface area is 137 Å². The minimum absolute atomic E-state index is 0.199. The van der Waals surface area contributed by atoms with Crippen LogP contribution >= 0.6 is 0 Å². The second kappa shape index (κ2) is 8.74. The molecule has 1 aromatic rings. The lowest BCUT2D eigenvalue weighted by atomic mass is 10.2. The molecular weight excluding hydrogens is 296 g/mol. The zero-order chi connectivity index (χ0) is 16.7. The fraction of sp³-hybridized carbons (Fsp3) is 0.588. The van der Waals surface area contributed by atoms with Gasteiger partial charge < -0.3 is 24.8 Å². The van der Waals surface area contributed by atoms with E-state index in [1.54, 1.807) is 7.05 Å². The first kappa shape index (κ1) is 17.6. The van der Waals surface area contributed by atoms with Gasteiger partial charge in [0.25, 0.3) is 0 Å². The number of aliphatic hydroxyl groups is 1. The summed E-state index contributed by atoms with van der Waals surface area (Å²) in [6.45, 7) is 0.410. The first-order chi connectivity index (χ1) is 11.1. The van der Waals surface area contributed by atoms with Gasteiger partial charge in [0.05, 0.1) is 25.4 Å². The topological polar surface area (TPSA) is 71.0 Å². The Morgan fingerprint density at radius 3 is 2.61 bits per heavy atom. The SMILES string of the molecule is COCC(O)CN(C)C(=O)Nc1ccc(OC2CCCC2)cc1. The van der Waals surface area contributed by atoms with Crippen LogP contribution in [0.1, 0.15) is 25.7 Å². The van der Waals surface area contributed by atoms with Crippen LogP contribution in [0.15, 0.2) is 24.3 Å². The minimum Gasteiger partial charge on any atom is -0.490 e. The number of rotatable bonds is 7. The number of anilines is 1. The molecule has 0 bridgehead atoms. The quantitative estimate of drug-likeness (QED) is 0.809.